The van der Waals surface area contributed by atoms with Crippen molar-refractivity contribution in [2.75, 3.05) is 13.1 Å². The lowest BCUT2D eigenvalue weighted by Gasteiger charge is -2.23. The number of aliphatic hydroxyl groups excluding tert-OH is 1. The minimum absolute atomic E-state index is 0.179. The van der Waals surface area contributed by atoms with Crippen LogP contribution < -0.4 is 0 Å². The summed E-state index contributed by atoms with van der Waals surface area (Å²) in [7, 11) is 0. The first kappa shape index (κ1) is 15.0. The summed E-state index contributed by atoms with van der Waals surface area (Å²) in [5.41, 5.74) is 4.39. The van der Waals surface area contributed by atoms with Crippen LogP contribution in [0.3, 0.4) is 0 Å². The third-order valence-corrected chi connectivity index (χ3v) is 4.34. The lowest BCUT2D eigenvalue weighted by atomic mass is 9.95. The summed E-state index contributed by atoms with van der Waals surface area (Å²) in [6.45, 7) is 9.44. The minimum Gasteiger partial charge on any atom is -0.387 e. The lowest BCUT2D eigenvalue weighted by Crippen LogP contribution is -2.30. The summed E-state index contributed by atoms with van der Waals surface area (Å²) in [6.07, 6.45) is 1.07. The second kappa shape index (κ2) is 5.96. The fourth-order valence-corrected chi connectivity index (χ4v) is 3.32. The van der Waals surface area contributed by atoms with Crippen LogP contribution in [0.25, 0.3) is 0 Å². The van der Waals surface area contributed by atoms with Gasteiger partial charge in [-0.2, -0.15) is 0 Å². The normalized spacial score (nSPS) is 20.6. The van der Waals surface area contributed by atoms with Crippen molar-refractivity contribution < 1.29 is 9.90 Å². The average molecular weight is 275 g/mol. The Labute approximate surface area is 121 Å². The molecule has 110 valence electrons. The van der Waals surface area contributed by atoms with Crippen LogP contribution in [0.2, 0.25) is 0 Å². The SMILES string of the molecule is CCC1CC(=O)N(CC(O)c2c(C)cc(C)cc2C)C1. The second-order valence-electron chi connectivity index (χ2n) is 6.11. The van der Waals surface area contributed by atoms with Gasteiger partial charge < -0.3 is 10.0 Å². The Kier molecular flexibility index (Phi) is 4.48. The van der Waals surface area contributed by atoms with E-state index in [1.165, 1.54) is 5.56 Å². The molecule has 1 N–H and O–H groups in total. The van der Waals surface area contributed by atoms with Gasteiger partial charge in [-0.15, -0.1) is 0 Å². The predicted molar refractivity (Wildman–Crippen MR) is 80.6 cm³/mol. The standard InChI is InChI=1S/C17H25NO2/c1-5-14-8-16(20)18(9-14)10-15(19)17-12(3)6-11(2)7-13(17)4/h6-7,14-15,19H,5,8-10H2,1-4H3. The Bertz CT molecular complexity index is 487. The highest BCUT2D eigenvalue weighted by Crippen LogP contribution is 2.27. The van der Waals surface area contributed by atoms with Crippen molar-refractivity contribution in [3.63, 3.8) is 0 Å². The van der Waals surface area contributed by atoms with E-state index < -0.39 is 6.10 Å². The van der Waals surface area contributed by atoms with Crippen molar-refractivity contribution in [2.45, 2.75) is 46.6 Å². The Morgan fingerprint density at radius 1 is 1.30 bits per heavy atom. The topological polar surface area (TPSA) is 40.5 Å². The number of amides is 1. The largest absolute Gasteiger partial charge is 0.387 e. The molecule has 1 aliphatic heterocycles. The van der Waals surface area contributed by atoms with E-state index in [2.05, 4.69) is 26.0 Å². The Balaban J connectivity index is 2.13. The lowest BCUT2D eigenvalue weighted by molar-refractivity contribution is -0.129. The summed E-state index contributed by atoms with van der Waals surface area (Å²) in [5.74, 6) is 0.633. The summed E-state index contributed by atoms with van der Waals surface area (Å²) >= 11 is 0. The first-order valence-corrected chi connectivity index (χ1v) is 7.46. The van der Waals surface area contributed by atoms with E-state index in [1.54, 1.807) is 0 Å². The van der Waals surface area contributed by atoms with Crippen LogP contribution in [0.1, 0.15) is 48.1 Å². The highest BCUT2D eigenvalue weighted by atomic mass is 16.3. The number of aryl methyl sites for hydroxylation is 3. The van der Waals surface area contributed by atoms with Crippen molar-refractivity contribution in [2.24, 2.45) is 5.92 Å². The molecule has 20 heavy (non-hydrogen) atoms. The molecule has 0 radical (unpaired) electrons. The van der Waals surface area contributed by atoms with E-state index in [4.69, 9.17) is 0 Å². The van der Waals surface area contributed by atoms with Crippen LogP contribution in [-0.4, -0.2) is 29.0 Å². The van der Waals surface area contributed by atoms with Gasteiger partial charge in [0.05, 0.1) is 12.6 Å². The van der Waals surface area contributed by atoms with Crippen molar-refractivity contribution in [1.29, 1.82) is 0 Å². The molecular formula is C17H25NO2. The van der Waals surface area contributed by atoms with Crippen molar-refractivity contribution in [3.8, 4) is 0 Å². The van der Waals surface area contributed by atoms with Crippen LogP contribution in [0, 0.1) is 26.7 Å². The highest BCUT2D eigenvalue weighted by molar-refractivity contribution is 5.78. The van der Waals surface area contributed by atoms with Crippen molar-refractivity contribution in [1.82, 2.24) is 4.90 Å². The van der Waals surface area contributed by atoms with Gasteiger partial charge in [0.15, 0.2) is 0 Å². The number of rotatable bonds is 4. The maximum Gasteiger partial charge on any atom is 0.223 e. The van der Waals surface area contributed by atoms with E-state index in [0.717, 1.165) is 29.7 Å². The molecule has 2 atom stereocenters. The van der Waals surface area contributed by atoms with E-state index >= 15 is 0 Å². The highest BCUT2D eigenvalue weighted by Gasteiger charge is 2.30. The molecule has 1 amide bonds. The monoisotopic (exact) mass is 275 g/mol. The Morgan fingerprint density at radius 2 is 1.90 bits per heavy atom. The molecule has 0 spiro atoms. The number of hydrogen-bond acceptors (Lipinski definition) is 2. The maximum absolute atomic E-state index is 11.9. The van der Waals surface area contributed by atoms with Crippen LogP contribution in [-0.2, 0) is 4.79 Å². The van der Waals surface area contributed by atoms with Gasteiger partial charge in [0.25, 0.3) is 0 Å². The van der Waals surface area contributed by atoms with Crippen LogP contribution in [0.15, 0.2) is 12.1 Å². The number of β-amino-alcohol motifs (C(OH)–C–C–N with tert-alkyl or cyclic N) is 1. The molecule has 1 fully saturated rings. The zero-order chi connectivity index (χ0) is 14.9. The van der Waals surface area contributed by atoms with Crippen LogP contribution in [0.5, 0.6) is 0 Å². The summed E-state index contributed by atoms with van der Waals surface area (Å²) in [5, 5.41) is 10.5. The number of benzene rings is 1. The molecule has 1 heterocycles. The number of carbonyl (C=O) groups excluding carboxylic acids is 1. The first-order valence-electron chi connectivity index (χ1n) is 7.46. The number of likely N-dealkylation sites (tertiary alicyclic amines) is 1. The van der Waals surface area contributed by atoms with Gasteiger partial charge in [-0.3, -0.25) is 4.79 Å². The third kappa shape index (κ3) is 3.04. The molecule has 0 bridgehead atoms. The molecule has 1 aromatic rings. The van der Waals surface area contributed by atoms with Gasteiger partial charge >= 0.3 is 0 Å². The molecule has 0 aromatic heterocycles. The number of aliphatic hydroxyl groups is 1. The zero-order valence-corrected chi connectivity index (χ0v) is 12.9. The van der Waals surface area contributed by atoms with Gasteiger partial charge in [0.2, 0.25) is 5.91 Å². The number of carbonyl (C=O) groups is 1. The molecule has 3 nitrogen and oxygen atoms in total. The van der Waals surface area contributed by atoms with Gasteiger partial charge in [-0.1, -0.05) is 31.0 Å². The maximum atomic E-state index is 11.9. The smallest absolute Gasteiger partial charge is 0.223 e. The fraction of sp³-hybridized carbons (Fsp3) is 0.588. The van der Waals surface area contributed by atoms with Gasteiger partial charge in [-0.25, -0.2) is 0 Å². The average Bonchev–Trinajstić information content (AvgIpc) is 2.68. The molecular weight excluding hydrogens is 250 g/mol. The molecule has 1 saturated heterocycles. The van der Waals surface area contributed by atoms with E-state index in [0.29, 0.717) is 18.9 Å². The van der Waals surface area contributed by atoms with E-state index in [1.807, 2.05) is 18.7 Å². The van der Waals surface area contributed by atoms with Gasteiger partial charge in [0, 0.05) is 13.0 Å². The third-order valence-electron chi connectivity index (χ3n) is 4.34. The van der Waals surface area contributed by atoms with Gasteiger partial charge in [-0.05, 0) is 43.4 Å². The van der Waals surface area contributed by atoms with E-state index in [-0.39, 0.29) is 5.91 Å². The number of hydrogen-bond donors (Lipinski definition) is 1. The molecule has 2 rings (SSSR count). The van der Waals surface area contributed by atoms with Crippen LogP contribution >= 0.6 is 0 Å². The Hall–Kier alpha value is -1.35. The minimum atomic E-state index is -0.588. The molecule has 1 aliphatic rings. The second-order valence-corrected chi connectivity index (χ2v) is 6.11. The van der Waals surface area contributed by atoms with Crippen molar-refractivity contribution in [3.05, 3.63) is 34.4 Å². The molecule has 1 aromatic carbocycles. The molecule has 3 heteroatoms. The van der Waals surface area contributed by atoms with Gasteiger partial charge in [0.1, 0.15) is 0 Å². The number of nitrogens with zero attached hydrogens (tertiary/aromatic N) is 1. The van der Waals surface area contributed by atoms with Crippen molar-refractivity contribution >= 4 is 5.91 Å². The quantitative estimate of drug-likeness (QED) is 0.918. The molecule has 0 aliphatic carbocycles. The predicted octanol–water partition coefficient (Wildman–Crippen LogP) is 2.90. The zero-order valence-electron chi connectivity index (χ0n) is 12.9. The molecule has 2 unspecified atom stereocenters. The summed E-state index contributed by atoms with van der Waals surface area (Å²) in [6, 6.07) is 4.18. The molecule has 0 saturated carbocycles. The fourth-order valence-electron chi connectivity index (χ4n) is 3.32. The Morgan fingerprint density at radius 3 is 2.40 bits per heavy atom. The van der Waals surface area contributed by atoms with E-state index in [9.17, 15) is 9.90 Å². The summed E-state index contributed by atoms with van der Waals surface area (Å²) < 4.78 is 0. The summed E-state index contributed by atoms with van der Waals surface area (Å²) in [4.78, 5) is 13.8. The first-order chi connectivity index (χ1) is 9.42. The van der Waals surface area contributed by atoms with Crippen LogP contribution in [0.4, 0.5) is 0 Å².